The largest absolute Gasteiger partial charge is 0.396 e. The van der Waals surface area contributed by atoms with Gasteiger partial charge in [-0.3, -0.25) is 0 Å². The molecule has 98 valence electrons. The van der Waals surface area contributed by atoms with Gasteiger partial charge >= 0.3 is 0 Å². The summed E-state index contributed by atoms with van der Waals surface area (Å²) in [6.45, 7) is 5.49. The van der Waals surface area contributed by atoms with E-state index in [0.717, 1.165) is 6.54 Å². The molecule has 2 aromatic rings. The third-order valence-corrected chi connectivity index (χ3v) is 4.51. The normalized spacial score (nSPS) is 13.2. The summed E-state index contributed by atoms with van der Waals surface area (Å²) in [5.74, 6) is 0.830. The van der Waals surface area contributed by atoms with Gasteiger partial charge in [-0.15, -0.1) is 11.3 Å². The van der Waals surface area contributed by atoms with Gasteiger partial charge in [0.1, 0.15) is 0 Å². The third-order valence-electron chi connectivity index (χ3n) is 3.56. The van der Waals surface area contributed by atoms with E-state index in [1.807, 2.05) is 0 Å². The first kappa shape index (κ1) is 13.4. The predicted octanol–water partition coefficient (Wildman–Crippen LogP) is 3.60. The third kappa shape index (κ3) is 2.68. The molecule has 0 spiro atoms. The molecule has 0 radical (unpaired) electrons. The Labute approximate surface area is 113 Å². The summed E-state index contributed by atoms with van der Waals surface area (Å²) in [5.41, 5.74) is 1.27. The molecule has 18 heavy (non-hydrogen) atoms. The first-order valence-corrected chi connectivity index (χ1v) is 7.29. The standard InChI is InChI=1S/C15H21NOS/c1-11(2)12(9-17)8-16(3)14-10-18-15-7-5-4-6-13(14)15/h4-7,10-12,17H,8-9H2,1-3H3. The van der Waals surface area contributed by atoms with Gasteiger partial charge < -0.3 is 10.0 Å². The molecule has 0 saturated carbocycles. The predicted molar refractivity (Wildman–Crippen MR) is 80.5 cm³/mol. The van der Waals surface area contributed by atoms with Crippen LogP contribution in [0.4, 0.5) is 5.69 Å². The van der Waals surface area contributed by atoms with E-state index in [1.165, 1.54) is 15.8 Å². The molecule has 1 aromatic heterocycles. The number of aliphatic hydroxyl groups excluding tert-OH is 1. The molecule has 2 nitrogen and oxygen atoms in total. The molecular formula is C15H21NOS. The van der Waals surface area contributed by atoms with Gasteiger partial charge in [-0.1, -0.05) is 32.0 Å². The number of thiophene rings is 1. The summed E-state index contributed by atoms with van der Waals surface area (Å²) < 4.78 is 1.32. The summed E-state index contributed by atoms with van der Waals surface area (Å²) in [6.07, 6.45) is 0. The minimum absolute atomic E-state index is 0.254. The van der Waals surface area contributed by atoms with Crippen LogP contribution in [0.1, 0.15) is 13.8 Å². The Balaban J connectivity index is 2.20. The van der Waals surface area contributed by atoms with Crippen molar-refractivity contribution in [3.8, 4) is 0 Å². The van der Waals surface area contributed by atoms with Crippen molar-refractivity contribution in [2.45, 2.75) is 13.8 Å². The molecule has 0 aliphatic rings. The van der Waals surface area contributed by atoms with Gasteiger partial charge in [0.15, 0.2) is 0 Å². The Hall–Kier alpha value is -1.06. The molecule has 1 unspecified atom stereocenters. The Morgan fingerprint density at radius 1 is 1.28 bits per heavy atom. The maximum atomic E-state index is 9.43. The molecule has 0 aliphatic carbocycles. The number of benzene rings is 1. The van der Waals surface area contributed by atoms with Crippen molar-refractivity contribution in [2.24, 2.45) is 11.8 Å². The van der Waals surface area contributed by atoms with Crippen LogP contribution in [-0.2, 0) is 0 Å². The minimum Gasteiger partial charge on any atom is -0.396 e. The topological polar surface area (TPSA) is 23.5 Å². The highest BCUT2D eigenvalue weighted by Gasteiger charge is 2.16. The van der Waals surface area contributed by atoms with Gasteiger partial charge in [0, 0.05) is 41.6 Å². The van der Waals surface area contributed by atoms with Crippen LogP contribution in [-0.4, -0.2) is 25.3 Å². The lowest BCUT2D eigenvalue weighted by Crippen LogP contribution is -2.30. The van der Waals surface area contributed by atoms with E-state index >= 15 is 0 Å². The van der Waals surface area contributed by atoms with Crippen LogP contribution in [0.15, 0.2) is 29.6 Å². The first-order valence-electron chi connectivity index (χ1n) is 6.41. The monoisotopic (exact) mass is 263 g/mol. The molecule has 1 heterocycles. The summed E-state index contributed by atoms with van der Waals surface area (Å²) in [5, 5.41) is 13.0. The van der Waals surface area contributed by atoms with Gasteiger partial charge in [-0.25, -0.2) is 0 Å². The minimum atomic E-state index is 0.254. The van der Waals surface area contributed by atoms with Crippen molar-refractivity contribution in [1.82, 2.24) is 0 Å². The molecule has 0 amide bonds. The number of anilines is 1. The van der Waals surface area contributed by atoms with E-state index < -0.39 is 0 Å². The van der Waals surface area contributed by atoms with Gasteiger partial charge in [0.2, 0.25) is 0 Å². The highest BCUT2D eigenvalue weighted by atomic mass is 32.1. The zero-order chi connectivity index (χ0) is 13.1. The summed E-state index contributed by atoms with van der Waals surface area (Å²) in [7, 11) is 2.11. The smallest absolute Gasteiger partial charge is 0.0552 e. The molecule has 2 rings (SSSR count). The zero-order valence-electron chi connectivity index (χ0n) is 11.3. The average molecular weight is 263 g/mol. The van der Waals surface area contributed by atoms with Crippen LogP contribution in [0, 0.1) is 11.8 Å². The van der Waals surface area contributed by atoms with Crippen LogP contribution in [0.25, 0.3) is 10.1 Å². The second-order valence-electron chi connectivity index (χ2n) is 5.18. The van der Waals surface area contributed by atoms with Crippen LogP contribution in [0.5, 0.6) is 0 Å². The van der Waals surface area contributed by atoms with Gasteiger partial charge in [-0.2, -0.15) is 0 Å². The van der Waals surface area contributed by atoms with Crippen molar-refractivity contribution in [3.63, 3.8) is 0 Å². The molecule has 1 aromatic carbocycles. The van der Waals surface area contributed by atoms with Gasteiger partial charge in [0.05, 0.1) is 5.69 Å². The average Bonchev–Trinajstić information content (AvgIpc) is 2.79. The van der Waals surface area contributed by atoms with Gasteiger partial charge in [0.25, 0.3) is 0 Å². The molecule has 1 atom stereocenters. The molecule has 1 N–H and O–H groups in total. The fourth-order valence-electron chi connectivity index (χ4n) is 2.19. The Bertz CT molecular complexity index is 506. The van der Waals surface area contributed by atoms with Crippen LogP contribution >= 0.6 is 11.3 Å². The maximum Gasteiger partial charge on any atom is 0.0552 e. The van der Waals surface area contributed by atoms with E-state index in [2.05, 4.69) is 55.4 Å². The Morgan fingerprint density at radius 3 is 2.67 bits per heavy atom. The van der Waals surface area contributed by atoms with E-state index in [-0.39, 0.29) is 6.61 Å². The quantitative estimate of drug-likeness (QED) is 0.891. The summed E-state index contributed by atoms with van der Waals surface area (Å²) >= 11 is 1.78. The van der Waals surface area contributed by atoms with E-state index in [0.29, 0.717) is 11.8 Å². The first-order chi connectivity index (χ1) is 8.63. The Kier molecular flexibility index (Phi) is 4.25. The molecule has 3 heteroatoms. The Morgan fingerprint density at radius 2 is 2.00 bits per heavy atom. The lowest BCUT2D eigenvalue weighted by atomic mass is 9.96. The molecule has 0 bridgehead atoms. The number of hydrogen-bond acceptors (Lipinski definition) is 3. The molecule has 0 aliphatic heterocycles. The second-order valence-corrected chi connectivity index (χ2v) is 6.10. The lowest BCUT2D eigenvalue weighted by molar-refractivity contribution is 0.193. The molecular weight excluding hydrogens is 242 g/mol. The highest BCUT2D eigenvalue weighted by molar-refractivity contribution is 7.17. The maximum absolute atomic E-state index is 9.43. The number of aliphatic hydroxyl groups is 1. The van der Waals surface area contributed by atoms with Crippen molar-refractivity contribution in [2.75, 3.05) is 25.1 Å². The molecule has 0 saturated heterocycles. The van der Waals surface area contributed by atoms with Crippen molar-refractivity contribution in [3.05, 3.63) is 29.6 Å². The van der Waals surface area contributed by atoms with Gasteiger partial charge in [-0.05, 0) is 12.0 Å². The lowest BCUT2D eigenvalue weighted by Gasteiger charge is -2.26. The second kappa shape index (κ2) is 5.72. The fraction of sp³-hybridized carbons (Fsp3) is 0.467. The van der Waals surface area contributed by atoms with Crippen LogP contribution in [0.3, 0.4) is 0 Å². The van der Waals surface area contributed by atoms with Crippen molar-refractivity contribution < 1.29 is 5.11 Å². The van der Waals surface area contributed by atoms with Crippen molar-refractivity contribution >= 4 is 27.1 Å². The van der Waals surface area contributed by atoms with Crippen molar-refractivity contribution in [1.29, 1.82) is 0 Å². The number of fused-ring (bicyclic) bond motifs is 1. The van der Waals surface area contributed by atoms with E-state index in [9.17, 15) is 5.11 Å². The van der Waals surface area contributed by atoms with Crippen LogP contribution in [0.2, 0.25) is 0 Å². The number of nitrogens with zero attached hydrogens (tertiary/aromatic N) is 1. The van der Waals surface area contributed by atoms with E-state index in [1.54, 1.807) is 11.3 Å². The highest BCUT2D eigenvalue weighted by Crippen LogP contribution is 2.32. The zero-order valence-corrected chi connectivity index (χ0v) is 12.1. The number of hydrogen-bond donors (Lipinski definition) is 1. The summed E-state index contributed by atoms with van der Waals surface area (Å²) in [6, 6.07) is 8.48. The summed E-state index contributed by atoms with van der Waals surface area (Å²) in [4.78, 5) is 2.26. The van der Waals surface area contributed by atoms with Crippen LogP contribution < -0.4 is 4.90 Å². The SMILES string of the molecule is CC(C)C(CO)CN(C)c1csc2ccccc12. The van der Waals surface area contributed by atoms with E-state index in [4.69, 9.17) is 0 Å². The molecule has 0 fully saturated rings. The number of rotatable bonds is 5. The fourth-order valence-corrected chi connectivity index (χ4v) is 3.19.